The van der Waals surface area contributed by atoms with Crippen molar-refractivity contribution >= 4 is 5.97 Å². The van der Waals surface area contributed by atoms with Crippen LogP contribution in [-0.4, -0.2) is 30.5 Å². The molecule has 0 rings (SSSR count). The zero-order valence-electron chi connectivity index (χ0n) is 20.3. The molecule has 3 nitrogen and oxygen atoms in total. The van der Waals surface area contributed by atoms with E-state index in [1.807, 2.05) is 0 Å². The average molecular weight is 420 g/mol. The van der Waals surface area contributed by atoms with Gasteiger partial charge < -0.3 is 14.8 Å². The molecule has 0 unspecified atom stereocenters. The normalized spacial score (nSPS) is 11.0. The summed E-state index contributed by atoms with van der Waals surface area (Å²) in [6.45, 7) is 7.98. The Kier molecular flexibility index (Phi) is 28.9. The first-order valence-electron chi connectivity index (χ1n) is 12.6. The molecule has 0 heterocycles. The molecular formula is C25H50NNaO2. The van der Waals surface area contributed by atoms with Crippen LogP contribution < -0.4 is 34.7 Å². The van der Waals surface area contributed by atoms with Crippen LogP contribution in [0.15, 0.2) is 0 Å². The maximum Gasteiger partial charge on any atom is 1.00 e. The van der Waals surface area contributed by atoms with E-state index < -0.39 is 5.97 Å². The number of unbranched alkanes of at least 4 members (excludes halogenated alkanes) is 15. The van der Waals surface area contributed by atoms with Crippen LogP contribution >= 0.6 is 0 Å². The van der Waals surface area contributed by atoms with Crippen LogP contribution in [0, 0.1) is 0 Å². The fourth-order valence-electron chi connectivity index (χ4n) is 3.88. The number of nitrogens with zero attached hydrogens (tertiary/aromatic N) is 1. The van der Waals surface area contributed by atoms with Gasteiger partial charge in [-0.3, -0.25) is 0 Å². The predicted molar refractivity (Wildman–Crippen MR) is 121 cm³/mol. The molecule has 0 saturated heterocycles. The summed E-state index contributed by atoms with van der Waals surface area (Å²) in [6, 6.07) is 0. The van der Waals surface area contributed by atoms with E-state index in [9.17, 15) is 9.90 Å². The molecule has 0 radical (unpaired) electrons. The van der Waals surface area contributed by atoms with E-state index in [2.05, 4.69) is 18.7 Å². The largest absolute Gasteiger partial charge is 1.00 e. The van der Waals surface area contributed by atoms with Crippen LogP contribution in [0.25, 0.3) is 0 Å². The summed E-state index contributed by atoms with van der Waals surface area (Å²) in [6.07, 6.45) is 23.8. The number of hydrogen-bond acceptors (Lipinski definition) is 3. The zero-order chi connectivity index (χ0) is 20.7. The molecule has 0 aliphatic heterocycles. The number of carboxylic acids is 1. The second-order valence-corrected chi connectivity index (χ2v) is 8.62. The third-order valence-electron chi connectivity index (χ3n) is 5.76. The minimum atomic E-state index is -0.905. The molecule has 0 aliphatic carbocycles. The standard InChI is InChI=1S/C25H51NO2.Na/c1-3-5-7-9-11-13-15-18-22-26(24-20-17-21-25(27)28)23-19-16-14-12-10-8-6-4-2;/h3-24H2,1-2H3,(H,27,28);/q;+1/p-1. The summed E-state index contributed by atoms with van der Waals surface area (Å²) in [5, 5.41) is 10.6. The molecule has 0 atom stereocenters. The molecule has 0 spiro atoms. The third kappa shape index (κ3) is 26.4. The molecule has 0 amide bonds. The van der Waals surface area contributed by atoms with Crippen LogP contribution in [0.5, 0.6) is 0 Å². The molecule has 0 aromatic rings. The Balaban J connectivity index is 0. The third-order valence-corrected chi connectivity index (χ3v) is 5.76. The van der Waals surface area contributed by atoms with Gasteiger partial charge in [0.25, 0.3) is 0 Å². The Morgan fingerprint density at radius 3 is 1.21 bits per heavy atom. The summed E-state index contributed by atoms with van der Waals surface area (Å²) < 4.78 is 0. The SMILES string of the molecule is CCCCCCCCCCN(CCCCCCCCCC)CCCCC(=O)[O-].[Na+]. The number of hydrogen-bond donors (Lipinski definition) is 0. The Bertz CT molecular complexity index is 306. The first-order valence-corrected chi connectivity index (χ1v) is 12.6. The Hall–Kier alpha value is 0.430. The van der Waals surface area contributed by atoms with E-state index in [4.69, 9.17) is 0 Å². The van der Waals surface area contributed by atoms with E-state index >= 15 is 0 Å². The fraction of sp³-hybridized carbons (Fsp3) is 0.960. The summed E-state index contributed by atoms with van der Waals surface area (Å²) in [4.78, 5) is 13.2. The Morgan fingerprint density at radius 1 is 0.552 bits per heavy atom. The van der Waals surface area contributed by atoms with Crippen LogP contribution in [0.4, 0.5) is 0 Å². The van der Waals surface area contributed by atoms with E-state index in [0.29, 0.717) is 0 Å². The Labute approximate surface area is 205 Å². The molecule has 29 heavy (non-hydrogen) atoms. The summed E-state index contributed by atoms with van der Waals surface area (Å²) in [7, 11) is 0. The van der Waals surface area contributed by atoms with Gasteiger partial charge in [0.15, 0.2) is 0 Å². The number of aliphatic carboxylic acids is 1. The van der Waals surface area contributed by atoms with E-state index in [1.165, 1.54) is 116 Å². The molecule has 0 aromatic carbocycles. The smallest absolute Gasteiger partial charge is 0.550 e. The van der Waals surface area contributed by atoms with Gasteiger partial charge >= 0.3 is 29.6 Å². The van der Waals surface area contributed by atoms with Crippen molar-refractivity contribution < 1.29 is 39.5 Å². The van der Waals surface area contributed by atoms with E-state index in [0.717, 1.165) is 19.4 Å². The molecule has 4 heteroatoms. The molecule has 0 aliphatic rings. The quantitative estimate of drug-likeness (QED) is 0.188. The molecule has 0 aromatic heterocycles. The molecule has 0 bridgehead atoms. The fourth-order valence-corrected chi connectivity index (χ4v) is 3.88. The van der Waals surface area contributed by atoms with Crippen molar-refractivity contribution in [3.05, 3.63) is 0 Å². The second kappa shape index (κ2) is 26.5. The van der Waals surface area contributed by atoms with Crippen LogP contribution in [0.3, 0.4) is 0 Å². The molecule has 0 saturated carbocycles. The number of carbonyl (C=O) groups excluding carboxylic acids is 1. The average Bonchev–Trinajstić information content (AvgIpc) is 2.68. The zero-order valence-corrected chi connectivity index (χ0v) is 22.3. The van der Waals surface area contributed by atoms with Gasteiger partial charge in [0.05, 0.1) is 0 Å². The van der Waals surface area contributed by atoms with Gasteiger partial charge in [0.1, 0.15) is 0 Å². The van der Waals surface area contributed by atoms with Crippen LogP contribution in [0.1, 0.15) is 136 Å². The molecule has 0 N–H and O–H groups in total. The van der Waals surface area contributed by atoms with Crippen molar-refractivity contribution in [2.45, 2.75) is 136 Å². The maximum atomic E-state index is 10.6. The molecular weight excluding hydrogens is 369 g/mol. The topological polar surface area (TPSA) is 43.4 Å². The van der Waals surface area contributed by atoms with Gasteiger partial charge in [-0.1, -0.05) is 104 Å². The van der Waals surface area contributed by atoms with Crippen molar-refractivity contribution in [2.75, 3.05) is 19.6 Å². The van der Waals surface area contributed by atoms with Gasteiger partial charge in [-0.05, 0) is 51.7 Å². The van der Waals surface area contributed by atoms with Crippen molar-refractivity contribution in [3.63, 3.8) is 0 Å². The molecule has 0 fully saturated rings. The van der Waals surface area contributed by atoms with Crippen molar-refractivity contribution in [1.82, 2.24) is 4.90 Å². The molecule has 168 valence electrons. The van der Waals surface area contributed by atoms with Crippen LogP contribution in [-0.2, 0) is 4.79 Å². The summed E-state index contributed by atoms with van der Waals surface area (Å²) >= 11 is 0. The van der Waals surface area contributed by atoms with E-state index in [1.54, 1.807) is 0 Å². The first kappa shape index (κ1) is 31.6. The number of rotatable bonds is 23. The summed E-state index contributed by atoms with van der Waals surface area (Å²) in [5.41, 5.74) is 0. The van der Waals surface area contributed by atoms with Gasteiger partial charge in [-0.2, -0.15) is 0 Å². The number of carboxylic acid groups (broad SMARTS) is 1. The van der Waals surface area contributed by atoms with Crippen molar-refractivity contribution in [3.8, 4) is 0 Å². The van der Waals surface area contributed by atoms with Crippen molar-refractivity contribution in [2.24, 2.45) is 0 Å². The second-order valence-electron chi connectivity index (χ2n) is 8.62. The van der Waals surface area contributed by atoms with Gasteiger partial charge in [-0.15, -0.1) is 0 Å². The monoisotopic (exact) mass is 419 g/mol. The van der Waals surface area contributed by atoms with Gasteiger partial charge in [0.2, 0.25) is 0 Å². The maximum absolute atomic E-state index is 10.6. The summed E-state index contributed by atoms with van der Waals surface area (Å²) in [5.74, 6) is -0.905. The minimum absolute atomic E-state index is 0. The van der Waals surface area contributed by atoms with Crippen LogP contribution in [0.2, 0.25) is 0 Å². The predicted octanol–water partition coefficient (Wildman–Crippen LogP) is 3.49. The first-order chi connectivity index (χ1) is 13.7. The van der Waals surface area contributed by atoms with Crippen molar-refractivity contribution in [1.29, 1.82) is 0 Å². The minimum Gasteiger partial charge on any atom is -0.550 e. The number of carbonyl (C=O) groups is 1. The van der Waals surface area contributed by atoms with Gasteiger partial charge in [-0.25, -0.2) is 0 Å². The van der Waals surface area contributed by atoms with E-state index in [-0.39, 0.29) is 36.0 Å². The Morgan fingerprint density at radius 2 is 0.862 bits per heavy atom. The van der Waals surface area contributed by atoms with Gasteiger partial charge in [0, 0.05) is 5.97 Å².